The largest absolute Gasteiger partial charge is 0.478 e. The summed E-state index contributed by atoms with van der Waals surface area (Å²) in [4.78, 5) is 25.3. The lowest BCUT2D eigenvalue weighted by Gasteiger charge is -2.19. The number of carbonyl (C=O) groups is 1. The molecule has 1 aromatic rings. The van der Waals surface area contributed by atoms with Crippen LogP contribution < -0.4 is 5.32 Å². The minimum Gasteiger partial charge on any atom is -0.478 e. The molecule has 0 unspecified atom stereocenters. The van der Waals surface area contributed by atoms with Gasteiger partial charge in [-0.25, -0.2) is 9.78 Å². The second-order valence-corrected chi connectivity index (χ2v) is 5.50. The number of nitrogens with one attached hydrogen (secondary N) is 1. The van der Waals surface area contributed by atoms with Crippen molar-refractivity contribution in [3.8, 4) is 0 Å². The van der Waals surface area contributed by atoms with E-state index in [-0.39, 0.29) is 23.1 Å². The molecule has 3 rings (SSSR count). The molecule has 0 saturated heterocycles. The molecule has 2 fully saturated rings. The van der Waals surface area contributed by atoms with Gasteiger partial charge in [0.05, 0.1) is 4.92 Å². The van der Waals surface area contributed by atoms with Gasteiger partial charge in [-0.1, -0.05) is 0 Å². The Morgan fingerprint density at radius 1 is 1.40 bits per heavy atom. The Morgan fingerprint density at radius 3 is 2.45 bits per heavy atom. The Balaban J connectivity index is 1.87. The monoisotopic (exact) mass is 277 g/mol. The van der Waals surface area contributed by atoms with Gasteiger partial charge in [-0.05, 0) is 37.5 Å². The predicted molar refractivity (Wildman–Crippen MR) is 70.7 cm³/mol. The first kappa shape index (κ1) is 12.8. The Morgan fingerprint density at radius 2 is 2.00 bits per heavy atom. The predicted octanol–water partition coefficient (Wildman–Crippen LogP) is 2.29. The zero-order valence-corrected chi connectivity index (χ0v) is 10.8. The molecule has 0 aromatic carbocycles. The van der Waals surface area contributed by atoms with Gasteiger partial charge in [0.15, 0.2) is 0 Å². The standard InChI is InChI=1S/C13H15N3O4/c17-13(18)10-5-9(16(19)20)6-14-12(10)15-11(7-1-2-7)8-3-4-8/h5-8,11H,1-4H2,(H,14,15)(H,17,18). The molecule has 0 aliphatic heterocycles. The van der Waals surface area contributed by atoms with Gasteiger partial charge in [-0.2, -0.15) is 0 Å². The molecule has 0 spiro atoms. The van der Waals surface area contributed by atoms with Crippen LogP contribution in [0.15, 0.2) is 12.3 Å². The summed E-state index contributed by atoms with van der Waals surface area (Å²) in [6, 6.07) is 1.32. The van der Waals surface area contributed by atoms with Crippen molar-refractivity contribution < 1.29 is 14.8 Å². The zero-order valence-electron chi connectivity index (χ0n) is 10.8. The highest BCUT2D eigenvalue weighted by Crippen LogP contribution is 2.46. The molecule has 7 nitrogen and oxygen atoms in total. The first-order valence-corrected chi connectivity index (χ1v) is 6.70. The summed E-state index contributed by atoms with van der Waals surface area (Å²) in [5.41, 5.74) is -0.437. The average Bonchev–Trinajstić information content (AvgIpc) is 3.28. The first-order chi connectivity index (χ1) is 9.56. The third-order valence-electron chi connectivity index (χ3n) is 3.88. The number of pyridine rings is 1. The van der Waals surface area contributed by atoms with Crippen molar-refractivity contribution in [2.75, 3.05) is 5.32 Å². The summed E-state index contributed by atoms with van der Waals surface area (Å²) in [6.07, 6.45) is 5.73. The summed E-state index contributed by atoms with van der Waals surface area (Å²) < 4.78 is 0. The molecular weight excluding hydrogens is 262 g/mol. The van der Waals surface area contributed by atoms with E-state index >= 15 is 0 Å². The molecule has 1 heterocycles. The highest BCUT2D eigenvalue weighted by atomic mass is 16.6. The van der Waals surface area contributed by atoms with Crippen molar-refractivity contribution in [1.82, 2.24) is 4.98 Å². The second kappa shape index (κ2) is 4.73. The molecule has 2 aliphatic rings. The van der Waals surface area contributed by atoms with Crippen LogP contribution in [0, 0.1) is 22.0 Å². The number of anilines is 1. The van der Waals surface area contributed by atoms with Gasteiger partial charge < -0.3 is 10.4 Å². The number of rotatable bonds is 6. The van der Waals surface area contributed by atoms with Crippen molar-refractivity contribution in [3.05, 3.63) is 27.9 Å². The quantitative estimate of drug-likeness (QED) is 0.610. The van der Waals surface area contributed by atoms with Crippen molar-refractivity contribution in [1.29, 1.82) is 0 Å². The minimum absolute atomic E-state index is 0.134. The molecule has 2 aliphatic carbocycles. The number of nitrogens with zero attached hydrogens (tertiary/aromatic N) is 2. The molecule has 7 heteroatoms. The summed E-state index contributed by atoms with van der Waals surface area (Å²) in [5, 5.41) is 23.1. The Labute approximate surface area is 115 Å². The van der Waals surface area contributed by atoms with E-state index in [1.54, 1.807) is 0 Å². The molecule has 2 N–H and O–H groups in total. The second-order valence-electron chi connectivity index (χ2n) is 5.50. The fourth-order valence-corrected chi connectivity index (χ4v) is 2.52. The maximum absolute atomic E-state index is 11.2. The van der Waals surface area contributed by atoms with Gasteiger partial charge in [-0.3, -0.25) is 10.1 Å². The van der Waals surface area contributed by atoms with Gasteiger partial charge >= 0.3 is 5.97 Å². The van der Waals surface area contributed by atoms with E-state index in [4.69, 9.17) is 0 Å². The van der Waals surface area contributed by atoms with Crippen LogP contribution in [0.3, 0.4) is 0 Å². The van der Waals surface area contributed by atoms with E-state index < -0.39 is 10.9 Å². The van der Waals surface area contributed by atoms with Crippen LogP contribution in [0.1, 0.15) is 36.0 Å². The van der Waals surface area contributed by atoms with E-state index in [9.17, 15) is 20.0 Å². The van der Waals surface area contributed by atoms with Crippen molar-refractivity contribution in [2.45, 2.75) is 31.7 Å². The van der Waals surface area contributed by atoms with E-state index in [2.05, 4.69) is 10.3 Å². The fraction of sp³-hybridized carbons (Fsp3) is 0.538. The van der Waals surface area contributed by atoms with Gasteiger partial charge in [0.1, 0.15) is 17.6 Å². The highest BCUT2D eigenvalue weighted by molar-refractivity contribution is 5.93. The first-order valence-electron chi connectivity index (χ1n) is 6.70. The lowest BCUT2D eigenvalue weighted by Crippen LogP contribution is -2.26. The van der Waals surface area contributed by atoms with Crippen LogP contribution in [0.25, 0.3) is 0 Å². The molecule has 0 amide bonds. The number of carboxylic acid groups (broad SMARTS) is 1. The van der Waals surface area contributed by atoms with E-state index in [0.717, 1.165) is 37.9 Å². The number of carboxylic acids is 1. The van der Waals surface area contributed by atoms with Crippen molar-refractivity contribution >= 4 is 17.5 Å². The maximum Gasteiger partial charge on any atom is 0.339 e. The van der Waals surface area contributed by atoms with E-state index in [1.165, 1.54) is 0 Å². The summed E-state index contributed by atoms with van der Waals surface area (Å²) in [7, 11) is 0. The summed E-state index contributed by atoms with van der Waals surface area (Å²) >= 11 is 0. The molecule has 2 saturated carbocycles. The SMILES string of the molecule is O=C(O)c1cc([N+](=O)[O-])cnc1NC(C1CC1)C1CC1. The lowest BCUT2D eigenvalue weighted by molar-refractivity contribution is -0.385. The summed E-state index contributed by atoms with van der Waals surface area (Å²) in [6.45, 7) is 0. The zero-order chi connectivity index (χ0) is 14.3. The molecule has 1 aromatic heterocycles. The van der Waals surface area contributed by atoms with E-state index in [0.29, 0.717) is 11.8 Å². The Bertz CT molecular complexity index is 555. The number of hydrogen-bond donors (Lipinski definition) is 2. The van der Waals surface area contributed by atoms with Crippen LogP contribution in [-0.4, -0.2) is 27.0 Å². The minimum atomic E-state index is -1.20. The molecule has 20 heavy (non-hydrogen) atoms. The fourth-order valence-electron chi connectivity index (χ4n) is 2.52. The third kappa shape index (κ3) is 2.56. The van der Waals surface area contributed by atoms with Crippen LogP contribution in [0.4, 0.5) is 11.5 Å². The van der Waals surface area contributed by atoms with Crippen LogP contribution in [0.2, 0.25) is 0 Å². The van der Waals surface area contributed by atoms with Crippen LogP contribution >= 0.6 is 0 Å². The number of aromatic nitrogens is 1. The van der Waals surface area contributed by atoms with Gasteiger partial charge in [0.25, 0.3) is 5.69 Å². The maximum atomic E-state index is 11.2. The smallest absolute Gasteiger partial charge is 0.339 e. The summed E-state index contributed by atoms with van der Waals surface area (Å²) in [5.74, 6) is 0.211. The number of aromatic carboxylic acids is 1. The highest BCUT2D eigenvalue weighted by Gasteiger charge is 2.42. The van der Waals surface area contributed by atoms with Crippen molar-refractivity contribution in [3.63, 3.8) is 0 Å². The average molecular weight is 277 g/mol. The molecule has 0 atom stereocenters. The van der Waals surface area contributed by atoms with Gasteiger partial charge in [0.2, 0.25) is 0 Å². The molecule has 106 valence electrons. The van der Waals surface area contributed by atoms with Gasteiger partial charge in [0, 0.05) is 12.1 Å². The van der Waals surface area contributed by atoms with Gasteiger partial charge in [-0.15, -0.1) is 0 Å². The van der Waals surface area contributed by atoms with Crippen molar-refractivity contribution in [2.24, 2.45) is 11.8 Å². The topological polar surface area (TPSA) is 105 Å². The lowest BCUT2D eigenvalue weighted by atomic mass is 10.1. The molecular formula is C13H15N3O4. The van der Waals surface area contributed by atoms with E-state index in [1.807, 2.05) is 0 Å². The molecule has 0 bridgehead atoms. The number of nitro groups is 1. The Hall–Kier alpha value is -2.18. The molecule has 0 radical (unpaired) electrons. The third-order valence-corrected chi connectivity index (χ3v) is 3.88. The van der Waals surface area contributed by atoms with Crippen LogP contribution in [0.5, 0.6) is 0 Å². The normalized spacial score (nSPS) is 18.1. The Kier molecular flexibility index (Phi) is 3.04. The van der Waals surface area contributed by atoms with Crippen LogP contribution in [-0.2, 0) is 0 Å². The number of hydrogen-bond acceptors (Lipinski definition) is 5.